The van der Waals surface area contributed by atoms with Gasteiger partial charge in [-0.1, -0.05) is 13.8 Å². The molecule has 1 heterocycles. The average Bonchev–Trinajstić information content (AvgIpc) is 2.69. The Hall–Kier alpha value is -0.780. The second-order valence-electron chi connectivity index (χ2n) is 5.31. The zero-order valence-electron chi connectivity index (χ0n) is 10.9. The molecule has 0 aromatic carbocycles. The molecule has 0 bridgehead atoms. The van der Waals surface area contributed by atoms with E-state index in [-0.39, 0.29) is 19.4 Å². The molecule has 2 N–H and O–H groups in total. The van der Waals surface area contributed by atoms with Gasteiger partial charge < -0.3 is 10.6 Å². The molecule has 6 heteroatoms. The van der Waals surface area contributed by atoms with Gasteiger partial charge >= 0.3 is 6.18 Å². The molecule has 106 valence electrons. The van der Waals surface area contributed by atoms with Gasteiger partial charge in [0.1, 0.15) is 0 Å². The summed E-state index contributed by atoms with van der Waals surface area (Å²) in [4.78, 5) is 12.9. The van der Waals surface area contributed by atoms with Crippen LogP contribution < -0.4 is 5.73 Å². The Morgan fingerprint density at radius 2 is 2.06 bits per heavy atom. The predicted octanol–water partition coefficient (Wildman–Crippen LogP) is 2.30. The van der Waals surface area contributed by atoms with Crippen LogP contribution in [-0.2, 0) is 4.79 Å². The van der Waals surface area contributed by atoms with E-state index in [0.717, 1.165) is 4.90 Å². The molecule has 1 atom stereocenters. The normalized spacial score (nSPS) is 24.9. The fourth-order valence-corrected chi connectivity index (χ4v) is 2.41. The Kier molecular flexibility index (Phi) is 4.64. The van der Waals surface area contributed by atoms with Gasteiger partial charge in [0.05, 0.1) is 0 Å². The van der Waals surface area contributed by atoms with Crippen LogP contribution in [0.25, 0.3) is 0 Å². The van der Waals surface area contributed by atoms with Crippen LogP contribution in [0, 0.1) is 5.92 Å². The van der Waals surface area contributed by atoms with Gasteiger partial charge in [-0.15, -0.1) is 0 Å². The zero-order chi connectivity index (χ0) is 14.0. The van der Waals surface area contributed by atoms with Gasteiger partial charge in [-0.05, 0) is 25.2 Å². The summed E-state index contributed by atoms with van der Waals surface area (Å²) in [6, 6.07) is 0. The van der Waals surface area contributed by atoms with E-state index in [1.165, 1.54) is 0 Å². The molecule has 1 aliphatic heterocycles. The van der Waals surface area contributed by atoms with Crippen molar-refractivity contribution in [1.29, 1.82) is 0 Å². The number of carbonyl (C=O) groups excluding carboxylic acids is 1. The van der Waals surface area contributed by atoms with E-state index in [9.17, 15) is 18.0 Å². The highest BCUT2D eigenvalue weighted by atomic mass is 19.4. The van der Waals surface area contributed by atoms with Crippen LogP contribution in [0.15, 0.2) is 0 Å². The van der Waals surface area contributed by atoms with Crippen LogP contribution in [0.3, 0.4) is 0 Å². The van der Waals surface area contributed by atoms with Gasteiger partial charge in [0, 0.05) is 19.5 Å². The van der Waals surface area contributed by atoms with Crippen molar-refractivity contribution >= 4 is 5.91 Å². The van der Waals surface area contributed by atoms with E-state index in [4.69, 9.17) is 5.73 Å². The van der Waals surface area contributed by atoms with Crippen molar-refractivity contribution in [2.24, 2.45) is 11.7 Å². The first-order valence-corrected chi connectivity index (χ1v) is 6.32. The first-order chi connectivity index (χ1) is 8.24. The van der Waals surface area contributed by atoms with Crippen molar-refractivity contribution < 1.29 is 18.0 Å². The molecule has 1 unspecified atom stereocenters. The number of amides is 1. The summed E-state index contributed by atoms with van der Waals surface area (Å²) in [7, 11) is 0. The van der Waals surface area contributed by atoms with Crippen LogP contribution in [-0.4, -0.2) is 35.6 Å². The van der Waals surface area contributed by atoms with Gasteiger partial charge in [0.15, 0.2) is 5.54 Å². The van der Waals surface area contributed by atoms with Gasteiger partial charge in [0.25, 0.3) is 0 Å². The highest BCUT2D eigenvalue weighted by molar-refractivity contribution is 5.77. The van der Waals surface area contributed by atoms with Gasteiger partial charge in [-0.2, -0.15) is 13.2 Å². The summed E-state index contributed by atoms with van der Waals surface area (Å²) in [5.41, 5.74) is 3.19. The standard InChI is InChI=1S/C12H21F3N2O/c1-9(2)4-5-10(18)17-7-3-6-11(17,8-16)12(13,14)15/h9H,3-8,16H2,1-2H3. The molecule has 1 fully saturated rings. The molecule has 3 nitrogen and oxygen atoms in total. The van der Waals surface area contributed by atoms with Crippen LogP contribution in [0.4, 0.5) is 13.2 Å². The lowest BCUT2D eigenvalue weighted by Gasteiger charge is -2.39. The molecule has 18 heavy (non-hydrogen) atoms. The van der Waals surface area contributed by atoms with Crippen LogP contribution >= 0.6 is 0 Å². The third kappa shape index (κ3) is 2.79. The van der Waals surface area contributed by atoms with E-state index >= 15 is 0 Å². The maximum atomic E-state index is 13.2. The molecular weight excluding hydrogens is 245 g/mol. The molecule has 1 rings (SSSR count). The van der Waals surface area contributed by atoms with Crippen molar-refractivity contribution in [1.82, 2.24) is 4.90 Å². The van der Waals surface area contributed by atoms with Gasteiger partial charge in [0.2, 0.25) is 5.91 Å². The van der Waals surface area contributed by atoms with E-state index in [2.05, 4.69) is 0 Å². The Balaban J connectivity index is 2.83. The van der Waals surface area contributed by atoms with Crippen molar-refractivity contribution in [3.05, 3.63) is 0 Å². The maximum Gasteiger partial charge on any atom is 0.412 e. The third-order valence-corrected chi connectivity index (χ3v) is 3.59. The Morgan fingerprint density at radius 3 is 2.50 bits per heavy atom. The van der Waals surface area contributed by atoms with Crippen molar-refractivity contribution in [3.8, 4) is 0 Å². The van der Waals surface area contributed by atoms with E-state index in [1.807, 2.05) is 13.8 Å². The number of alkyl halides is 3. The maximum absolute atomic E-state index is 13.2. The lowest BCUT2D eigenvalue weighted by molar-refractivity contribution is -0.220. The third-order valence-electron chi connectivity index (χ3n) is 3.59. The Bertz CT molecular complexity index is 304. The molecule has 1 saturated heterocycles. The van der Waals surface area contributed by atoms with E-state index in [0.29, 0.717) is 18.8 Å². The first-order valence-electron chi connectivity index (χ1n) is 6.32. The molecule has 0 aromatic rings. The molecule has 0 spiro atoms. The summed E-state index contributed by atoms with van der Waals surface area (Å²) in [5, 5.41) is 0. The number of hydrogen-bond donors (Lipinski definition) is 1. The summed E-state index contributed by atoms with van der Waals surface area (Å²) >= 11 is 0. The van der Waals surface area contributed by atoms with Crippen LogP contribution in [0.5, 0.6) is 0 Å². The minimum atomic E-state index is -4.45. The minimum absolute atomic E-state index is 0.0829. The number of likely N-dealkylation sites (tertiary alicyclic amines) is 1. The number of nitrogens with zero attached hydrogens (tertiary/aromatic N) is 1. The van der Waals surface area contributed by atoms with E-state index < -0.39 is 24.2 Å². The molecule has 0 radical (unpaired) electrons. The minimum Gasteiger partial charge on any atom is -0.328 e. The summed E-state index contributed by atoms with van der Waals surface area (Å²) < 4.78 is 39.5. The van der Waals surface area contributed by atoms with E-state index in [1.54, 1.807) is 0 Å². The van der Waals surface area contributed by atoms with Crippen molar-refractivity contribution in [3.63, 3.8) is 0 Å². The number of carbonyl (C=O) groups is 1. The average molecular weight is 266 g/mol. The predicted molar refractivity (Wildman–Crippen MR) is 62.9 cm³/mol. The molecule has 1 aliphatic rings. The quantitative estimate of drug-likeness (QED) is 0.848. The largest absolute Gasteiger partial charge is 0.412 e. The summed E-state index contributed by atoms with van der Waals surface area (Å²) in [6.45, 7) is 3.49. The molecule has 0 saturated carbocycles. The monoisotopic (exact) mass is 266 g/mol. The molecule has 1 amide bonds. The molecule has 0 aliphatic carbocycles. The number of halogens is 3. The lowest BCUT2D eigenvalue weighted by atomic mass is 9.94. The summed E-state index contributed by atoms with van der Waals surface area (Å²) in [6.07, 6.45) is -3.40. The fraction of sp³-hybridized carbons (Fsp3) is 0.917. The number of rotatable bonds is 4. The SMILES string of the molecule is CC(C)CCC(=O)N1CCCC1(CN)C(F)(F)F. The van der Waals surface area contributed by atoms with Gasteiger partial charge in [-0.25, -0.2) is 0 Å². The first kappa shape index (κ1) is 15.3. The Labute approximate surface area is 106 Å². The zero-order valence-corrected chi connectivity index (χ0v) is 10.9. The number of nitrogens with two attached hydrogens (primary N) is 1. The smallest absolute Gasteiger partial charge is 0.328 e. The van der Waals surface area contributed by atoms with Crippen LogP contribution in [0.2, 0.25) is 0 Å². The second-order valence-corrected chi connectivity index (χ2v) is 5.31. The lowest BCUT2D eigenvalue weighted by Crippen LogP contribution is -2.61. The second kappa shape index (κ2) is 5.47. The Morgan fingerprint density at radius 1 is 1.44 bits per heavy atom. The molecular formula is C12H21F3N2O. The highest BCUT2D eigenvalue weighted by Crippen LogP contribution is 2.42. The van der Waals surface area contributed by atoms with Crippen molar-refractivity contribution in [2.45, 2.75) is 51.2 Å². The molecule has 0 aromatic heterocycles. The van der Waals surface area contributed by atoms with Crippen LogP contribution in [0.1, 0.15) is 39.5 Å². The number of hydrogen-bond acceptors (Lipinski definition) is 2. The fourth-order valence-electron chi connectivity index (χ4n) is 2.41. The van der Waals surface area contributed by atoms with Crippen molar-refractivity contribution in [2.75, 3.05) is 13.1 Å². The topological polar surface area (TPSA) is 46.3 Å². The van der Waals surface area contributed by atoms with Gasteiger partial charge in [-0.3, -0.25) is 4.79 Å². The summed E-state index contributed by atoms with van der Waals surface area (Å²) in [5.74, 6) is -0.126. The highest BCUT2D eigenvalue weighted by Gasteiger charge is 2.60.